The molecule has 0 spiro atoms. The first-order chi connectivity index (χ1) is 10.1. The molecule has 0 aliphatic rings. The van der Waals surface area contributed by atoms with E-state index >= 15 is 0 Å². The second kappa shape index (κ2) is 6.84. The molecule has 0 aliphatic heterocycles. The van der Waals surface area contributed by atoms with Crippen molar-refractivity contribution in [2.24, 2.45) is 0 Å². The van der Waals surface area contributed by atoms with Gasteiger partial charge in [0.2, 0.25) is 0 Å². The molecule has 21 heavy (non-hydrogen) atoms. The molecule has 1 aromatic heterocycles. The number of aliphatic hydroxyl groups is 1. The summed E-state index contributed by atoms with van der Waals surface area (Å²) in [6.07, 6.45) is 0.962. The van der Waals surface area contributed by atoms with Crippen LogP contribution < -0.4 is 5.32 Å². The minimum Gasteiger partial charge on any atom is -0.384 e. The number of rotatable bonds is 2. The summed E-state index contributed by atoms with van der Waals surface area (Å²) in [4.78, 5) is 15.7. The van der Waals surface area contributed by atoms with Gasteiger partial charge in [-0.15, -0.1) is 0 Å². The molecule has 6 heteroatoms. The number of nitrogens with zero attached hydrogens (tertiary/aromatic N) is 1. The number of aliphatic hydroxyl groups excluding tert-OH is 1. The second-order valence-corrected chi connectivity index (χ2v) is 4.40. The van der Waals surface area contributed by atoms with Crippen LogP contribution in [0.25, 0.3) is 0 Å². The molecule has 0 fully saturated rings. The molecule has 0 aliphatic carbocycles. The quantitative estimate of drug-likeness (QED) is 0.838. The largest absolute Gasteiger partial charge is 0.384 e. The molecule has 0 saturated heterocycles. The molecule has 2 rings (SSSR count). The van der Waals surface area contributed by atoms with E-state index in [1.807, 2.05) is 0 Å². The Bertz CT molecular complexity index is 721. The van der Waals surface area contributed by atoms with E-state index in [1.165, 1.54) is 6.07 Å². The number of benzene rings is 1. The molecule has 0 bridgehead atoms. The predicted molar refractivity (Wildman–Crippen MR) is 77.6 cm³/mol. The molecule has 2 aromatic rings. The highest BCUT2D eigenvalue weighted by atomic mass is 35.5. The van der Waals surface area contributed by atoms with Crippen molar-refractivity contribution >= 4 is 23.2 Å². The van der Waals surface area contributed by atoms with E-state index in [0.29, 0.717) is 16.3 Å². The van der Waals surface area contributed by atoms with Gasteiger partial charge in [0.15, 0.2) is 0 Å². The molecule has 2 N–H and O–H groups in total. The Morgan fingerprint density at radius 2 is 2.19 bits per heavy atom. The van der Waals surface area contributed by atoms with Gasteiger partial charge in [0.1, 0.15) is 18.1 Å². The van der Waals surface area contributed by atoms with Gasteiger partial charge >= 0.3 is 0 Å². The van der Waals surface area contributed by atoms with Crippen LogP contribution in [0.5, 0.6) is 0 Å². The maximum Gasteiger partial charge on any atom is 0.274 e. The molecule has 0 radical (unpaired) electrons. The summed E-state index contributed by atoms with van der Waals surface area (Å²) < 4.78 is 12.8. The van der Waals surface area contributed by atoms with Crippen molar-refractivity contribution in [1.82, 2.24) is 4.98 Å². The van der Waals surface area contributed by atoms with E-state index < -0.39 is 11.7 Å². The van der Waals surface area contributed by atoms with E-state index in [9.17, 15) is 9.18 Å². The standard InChI is InChI=1S/C15H10ClFN2O2/c16-11-3-5-13(10(8-11)2-1-7-20)19-15(21)14-6-4-12(17)9-18-14/h3-6,8-9,20H,7H2,(H,19,21). The summed E-state index contributed by atoms with van der Waals surface area (Å²) in [7, 11) is 0. The molecule has 1 aromatic carbocycles. The summed E-state index contributed by atoms with van der Waals surface area (Å²) in [5.41, 5.74) is 0.968. The van der Waals surface area contributed by atoms with Crippen molar-refractivity contribution in [2.75, 3.05) is 11.9 Å². The van der Waals surface area contributed by atoms with E-state index in [-0.39, 0.29) is 12.3 Å². The van der Waals surface area contributed by atoms with Crippen LogP contribution in [0.4, 0.5) is 10.1 Å². The number of hydrogen-bond acceptors (Lipinski definition) is 3. The van der Waals surface area contributed by atoms with Crippen LogP contribution in [-0.2, 0) is 0 Å². The maximum absolute atomic E-state index is 12.8. The molecule has 1 amide bonds. The number of aromatic nitrogens is 1. The van der Waals surface area contributed by atoms with Crippen LogP contribution in [0.2, 0.25) is 5.02 Å². The third-order valence-electron chi connectivity index (χ3n) is 2.49. The number of amides is 1. The zero-order valence-corrected chi connectivity index (χ0v) is 11.5. The van der Waals surface area contributed by atoms with Gasteiger partial charge in [0.05, 0.1) is 11.9 Å². The minimum absolute atomic E-state index is 0.0763. The molecular weight excluding hydrogens is 295 g/mol. The van der Waals surface area contributed by atoms with Gasteiger partial charge in [0.25, 0.3) is 5.91 Å². The number of carbonyl (C=O) groups excluding carboxylic acids is 1. The highest BCUT2D eigenvalue weighted by Gasteiger charge is 2.10. The van der Waals surface area contributed by atoms with Crippen molar-refractivity contribution in [3.05, 3.63) is 58.6 Å². The van der Waals surface area contributed by atoms with Gasteiger partial charge in [-0.05, 0) is 30.3 Å². The second-order valence-electron chi connectivity index (χ2n) is 3.97. The lowest BCUT2D eigenvalue weighted by atomic mass is 10.1. The molecule has 1 heterocycles. The third kappa shape index (κ3) is 4.02. The molecule has 0 saturated carbocycles. The summed E-state index contributed by atoms with van der Waals surface area (Å²) in [5.74, 6) is 4.16. The first kappa shape index (κ1) is 15.0. The monoisotopic (exact) mass is 304 g/mol. The van der Waals surface area contributed by atoms with Crippen LogP contribution in [-0.4, -0.2) is 22.6 Å². The van der Waals surface area contributed by atoms with Crippen molar-refractivity contribution in [3.8, 4) is 11.8 Å². The fourth-order valence-corrected chi connectivity index (χ4v) is 1.73. The lowest BCUT2D eigenvalue weighted by molar-refractivity contribution is 0.102. The van der Waals surface area contributed by atoms with Crippen LogP contribution >= 0.6 is 11.6 Å². The Kier molecular flexibility index (Phi) is 4.88. The van der Waals surface area contributed by atoms with E-state index in [1.54, 1.807) is 18.2 Å². The van der Waals surface area contributed by atoms with Gasteiger partial charge in [-0.2, -0.15) is 0 Å². The van der Waals surface area contributed by atoms with Crippen molar-refractivity contribution in [1.29, 1.82) is 0 Å². The smallest absolute Gasteiger partial charge is 0.274 e. The van der Waals surface area contributed by atoms with E-state index in [2.05, 4.69) is 22.1 Å². The summed E-state index contributed by atoms with van der Waals surface area (Å²) in [6, 6.07) is 7.18. The number of halogens is 2. The number of anilines is 1. The van der Waals surface area contributed by atoms with Crippen LogP contribution in [0.15, 0.2) is 36.5 Å². The Balaban J connectivity index is 2.26. The number of hydrogen-bond donors (Lipinski definition) is 2. The van der Waals surface area contributed by atoms with Crippen LogP contribution in [0.1, 0.15) is 16.1 Å². The van der Waals surface area contributed by atoms with Crippen LogP contribution in [0.3, 0.4) is 0 Å². The van der Waals surface area contributed by atoms with E-state index in [0.717, 1.165) is 12.3 Å². The fourth-order valence-electron chi connectivity index (χ4n) is 1.56. The third-order valence-corrected chi connectivity index (χ3v) is 2.73. The molecule has 4 nitrogen and oxygen atoms in total. The fraction of sp³-hybridized carbons (Fsp3) is 0.0667. The molecule has 106 valence electrons. The summed E-state index contributed by atoms with van der Waals surface area (Å²) >= 11 is 5.87. The lowest BCUT2D eigenvalue weighted by Gasteiger charge is -2.07. The number of pyridine rings is 1. The Hall–Kier alpha value is -2.42. The zero-order valence-electron chi connectivity index (χ0n) is 10.7. The summed E-state index contributed by atoms with van der Waals surface area (Å²) in [6.45, 7) is -0.306. The van der Waals surface area contributed by atoms with Gasteiger partial charge in [-0.1, -0.05) is 23.4 Å². The topological polar surface area (TPSA) is 62.2 Å². The Morgan fingerprint density at radius 3 is 2.86 bits per heavy atom. The number of nitrogens with one attached hydrogen (secondary N) is 1. The van der Waals surface area contributed by atoms with Gasteiger partial charge < -0.3 is 10.4 Å². The van der Waals surface area contributed by atoms with Crippen molar-refractivity contribution in [3.63, 3.8) is 0 Å². The molecular formula is C15H10ClFN2O2. The first-order valence-electron chi connectivity index (χ1n) is 5.92. The van der Waals surface area contributed by atoms with Crippen molar-refractivity contribution < 1.29 is 14.3 Å². The van der Waals surface area contributed by atoms with Gasteiger partial charge in [-0.3, -0.25) is 4.79 Å². The Labute approximate surface area is 125 Å². The average Bonchev–Trinajstić information content (AvgIpc) is 2.48. The van der Waals surface area contributed by atoms with Gasteiger partial charge in [-0.25, -0.2) is 9.37 Å². The minimum atomic E-state index is -0.521. The molecule has 0 atom stereocenters. The zero-order chi connectivity index (χ0) is 15.2. The normalized spacial score (nSPS) is 9.67. The average molecular weight is 305 g/mol. The highest BCUT2D eigenvalue weighted by molar-refractivity contribution is 6.30. The molecule has 0 unspecified atom stereocenters. The maximum atomic E-state index is 12.8. The van der Waals surface area contributed by atoms with E-state index in [4.69, 9.17) is 16.7 Å². The Morgan fingerprint density at radius 1 is 1.38 bits per heavy atom. The summed E-state index contributed by atoms with van der Waals surface area (Å²) in [5, 5.41) is 11.8. The first-order valence-corrected chi connectivity index (χ1v) is 6.30. The van der Waals surface area contributed by atoms with Crippen molar-refractivity contribution in [2.45, 2.75) is 0 Å². The SMILES string of the molecule is O=C(Nc1ccc(Cl)cc1C#CCO)c1ccc(F)cn1. The number of carbonyl (C=O) groups is 1. The lowest BCUT2D eigenvalue weighted by Crippen LogP contribution is -2.14. The highest BCUT2D eigenvalue weighted by Crippen LogP contribution is 2.20. The van der Waals surface area contributed by atoms with Gasteiger partial charge in [0, 0.05) is 10.6 Å². The predicted octanol–water partition coefficient (Wildman–Crippen LogP) is 2.47. The van der Waals surface area contributed by atoms with Crippen LogP contribution in [0, 0.1) is 17.7 Å².